The fourth-order valence-electron chi connectivity index (χ4n) is 1.57. The lowest BCUT2D eigenvalue weighted by Gasteiger charge is -2.13. The zero-order valence-corrected chi connectivity index (χ0v) is 12.9. The Morgan fingerprint density at radius 2 is 2.09 bits per heavy atom. The molecule has 0 bridgehead atoms. The number of amides is 1. The van der Waals surface area contributed by atoms with Gasteiger partial charge < -0.3 is 15.7 Å². The first-order chi connectivity index (χ1) is 10.6. The highest BCUT2D eigenvalue weighted by Gasteiger charge is 2.21. The number of carbonyl (C=O) groups is 2. The fourth-order valence-corrected chi connectivity index (χ4v) is 2.04. The maximum atomic E-state index is 12.0. The summed E-state index contributed by atoms with van der Waals surface area (Å²) in [6, 6.07) is 9.78. The van der Waals surface area contributed by atoms with Crippen molar-refractivity contribution in [2.75, 3.05) is 17.3 Å². The van der Waals surface area contributed by atoms with Crippen LogP contribution in [0.5, 0.6) is 0 Å². The average molecular weight is 319 g/mol. The normalized spacial score (nSPS) is 12.1. The molecule has 1 unspecified atom stereocenters. The van der Waals surface area contributed by atoms with E-state index < -0.39 is 17.9 Å². The number of thioether (sulfide) groups is 1. The maximum Gasteiger partial charge on any atom is 0.326 e. The highest BCUT2D eigenvalue weighted by molar-refractivity contribution is 7.98. The molecule has 3 N–H and O–H groups in total. The summed E-state index contributed by atoms with van der Waals surface area (Å²) < 4.78 is 0. The van der Waals surface area contributed by atoms with Gasteiger partial charge in [0.1, 0.15) is 17.7 Å². The topological polar surface area (TPSA) is 102 Å². The number of anilines is 1. The highest BCUT2D eigenvalue weighted by Crippen LogP contribution is 2.07. The Labute approximate surface area is 133 Å². The molecule has 0 spiro atoms. The molecule has 6 nitrogen and oxygen atoms in total. The van der Waals surface area contributed by atoms with E-state index in [1.54, 1.807) is 18.2 Å². The lowest BCUT2D eigenvalue weighted by atomic mass is 10.2. The van der Waals surface area contributed by atoms with Crippen molar-refractivity contribution in [1.82, 2.24) is 5.32 Å². The zero-order valence-electron chi connectivity index (χ0n) is 12.1. The van der Waals surface area contributed by atoms with E-state index in [0.717, 1.165) is 5.69 Å². The number of aliphatic carboxylic acids is 1. The number of carboxylic acid groups (broad SMARTS) is 1. The molecule has 0 saturated heterocycles. The molecular formula is C15H17N3O3S. The van der Waals surface area contributed by atoms with Gasteiger partial charge in [-0.25, -0.2) is 4.79 Å². The summed E-state index contributed by atoms with van der Waals surface area (Å²) in [5, 5.41) is 23.3. The first kappa shape index (κ1) is 17.6. The van der Waals surface area contributed by atoms with Gasteiger partial charge in [0.25, 0.3) is 5.91 Å². The van der Waals surface area contributed by atoms with Gasteiger partial charge in [0.15, 0.2) is 0 Å². The van der Waals surface area contributed by atoms with Crippen molar-refractivity contribution in [3.05, 3.63) is 42.1 Å². The largest absolute Gasteiger partial charge is 0.480 e. The molecule has 22 heavy (non-hydrogen) atoms. The summed E-state index contributed by atoms with van der Waals surface area (Å²) in [5.74, 6) is -1.22. The Balaban J connectivity index is 2.71. The van der Waals surface area contributed by atoms with Crippen LogP contribution < -0.4 is 10.6 Å². The van der Waals surface area contributed by atoms with Crippen LogP contribution in [-0.4, -0.2) is 35.0 Å². The molecule has 0 aliphatic rings. The molecule has 1 rings (SSSR count). The van der Waals surface area contributed by atoms with Crippen LogP contribution in [0.1, 0.15) is 6.42 Å². The molecule has 0 aliphatic carbocycles. The van der Waals surface area contributed by atoms with Crippen LogP contribution >= 0.6 is 11.8 Å². The number of hydrogen-bond acceptors (Lipinski definition) is 5. The Hall–Kier alpha value is -2.46. The van der Waals surface area contributed by atoms with Gasteiger partial charge in [-0.1, -0.05) is 18.2 Å². The van der Waals surface area contributed by atoms with Gasteiger partial charge in [0.05, 0.1) is 0 Å². The minimum absolute atomic E-state index is 0.181. The van der Waals surface area contributed by atoms with Gasteiger partial charge in [-0.05, 0) is 30.6 Å². The number of carbonyl (C=O) groups excluding carboxylic acids is 1. The van der Waals surface area contributed by atoms with Crippen molar-refractivity contribution in [2.45, 2.75) is 12.5 Å². The lowest BCUT2D eigenvalue weighted by Crippen LogP contribution is -2.41. The van der Waals surface area contributed by atoms with Gasteiger partial charge in [-0.3, -0.25) is 4.79 Å². The quantitative estimate of drug-likeness (QED) is 0.499. The highest BCUT2D eigenvalue weighted by atomic mass is 32.2. The minimum Gasteiger partial charge on any atom is -0.480 e. The van der Waals surface area contributed by atoms with Gasteiger partial charge >= 0.3 is 5.97 Å². The average Bonchev–Trinajstić information content (AvgIpc) is 2.52. The van der Waals surface area contributed by atoms with Crippen molar-refractivity contribution in [2.24, 2.45) is 0 Å². The third-order valence-electron chi connectivity index (χ3n) is 2.74. The molecule has 1 aromatic rings. The second kappa shape index (κ2) is 9.47. The number of carboxylic acids is 1. The molecule has 1 aromatic carbocycles. The van der Waals surface area contributed by atoms with E-state index in [-0.39, 0.29) is 5.57 Å². The van der Waals surface area contributed by atoms with Crippen LogP contribution in [0.3, 0.4) is 0 Å². The van der Waals surface area contributed by atoms with Crippen molar-refractivity contribution in [3.63, 3.8) is 0 Å². The molecule has 0 radical (unpaired) electrons. The van der Waals surface area contributed by atoms with E-state index in [1.165, 1.54) is 18.0 Å². The van der Waals surface area contributed by atoms with E-state index in [4.69, 9.17) is 10.4 Å². The SMILES string of the molecule is CSCCC(NC(=O)/C(C#N)=C\Nc1ccccc1)C(=O)O. The van der Waals surface area contributed by atoms with E-state index in [0.29, 0.717) is 12.2 Å². The third-order valence-corrected chi connectivity index (χ3v) is 3.38. The third kappa shape index (κ3) is 5.89. The molecule has 0 aliphatic heterocycles. The van der Waals surface area contributed by atoms with E-state index in [1.807, 2.05) is 24.5 Å². The van der Waals surface area contributed by atoms with Crippen LogP contribution in [0.15, 0.2) is 42.1 Å². The summed E-state index contributed by atoms with van der Waals surface area (Å²) in [7, 11) is 0. The van der Waals surface area contributed by atoms with Crippen molar-refractivity contribution >= 4 is 29.3 Å². The van der Waals surface area contributed by atoms with Gasteiger partial charge in [0.2, 0.25) is 0 Å². The molecule has 0 fully saturated rings. The molecule has 0 saturated carbocycles. The number of nitriles is 1. The van der Waals surface area contributed by atoms with Crippen LogP contribution in [0, 0.1) is 11.3 Å². The van der Waals surface area contributed by atoms with Crippen LogP contribution in [0.2, 0.25) is 0 Å². The smallest absolute Gasteiger partial charge is 0.326 e. The number of para-hydroxylation sites is 1. The molecule has 7 heteroatoms. The summed E-state index contributed by atoms with van der Waals surface area (Å²) in [5.41, 5.74) is 0.541. The summed E-state index contributed by atoms with van der Waals surface area (Å²) >= 11 is 1.49. The second-order valence-electron chi connectivity index (χ2n) is 4.33. The summed E-state index contributed by atoms with van der Waals surface area (Å²) in [6.07, 6.45) is 3.41. The first-order valence-electron chi connectivity index (χ1n) is 6.53. The number of nitrogens with zero attached hydrogens (tertiary/aromatic N) is 1. The molecule has 0 aromatic heterocycles. The minimum atomic E-state index is -1.12. The number of rotatable bonds is 8. The summed E-state index contributed by atoms with van der Waals surface area (Å²) in [4.78, 5) is 23.1. The number of benzene rings is 1. The predicted molar refractivity (Wildman–Crippen MR) is 86.3 cm³/mol. The van der Waals surface area contributed by atoms with E-state index in [9.17, 15) is 9.59 Å². The van der Waals surface area contributed by atoms with Gasteiger partial charge in [-0.2, -0.15) is 17.0 Å². The van der Waals surface area contributed by atoms with Crippen molar-refractivity contribution in [1.29, 1.82) is 5.26 Å². The molecule has 116 valence electrons. The van der Waals surface area contributed by atoms with Crippen LogP contribution in [0.25, 0.3) is 0 Å². The lowest BCUT2D eigenvalue weighted by molar-refractivity contribution is -0.141. The van der Waals surface area contributed by atoms with Crippen LogP contribution in [-0.2, 0) is 9.59 Å². The fraction of sp³-hybridized carbons (Fsp3) is 0.267. The number of nitrogens with one attached hydrogen (secondary N) is 2. The predicted octanol–water partition coefficient (Wildman–Crippen LogP) is 1.83. The standard InChI is InChI=1S/C15H17N3O3S/c1-22-8-7-13(15(20)21)18-14(19)11(9-16)10-17-12-5-3-2-4-6-12/h2-6,10,13,17H,7-8H2,1H3,(H,18,19)(H,20,21)/b11-10-. The van der Waals surface area contributed by atoms with Gasteiger partial charge in [0, 0.05) is 11.9 Å². The molecule has 0 heterocycles. The number of hydrogen-bond donors (Lipinski definition) is 3. The Morgan fingerprint density at radius 1 is 1.41 bits per heavy atom. The molecule has 1 amide bonds. The molecular weight excluding hydrogens is 302 g/mol. The van der Waals surface area contributed by atoms with Crippen LogP contribution in [0.4, 0.5) is 5.69 Å². The zero-order chi connectivity index (χ0) is 16.4. The van der Waals surface area contributed by atoms with Crippen molar-refractivity contribution < 1.29 is 14.7 Å². The van der Waals surface area contributed by atoms with Gasteiger partial charge in [-0.15, -0.1) is 0 Å². The Kier molecular flexibility index (Phi) is 7.57. The Bertz CT molecular complexity index is 581. The van der Waals surface area contributed by atoms with Crippen molar-refractivity contribution in [3.8, 4) is 6.07 Å². The second-order valence-corrected chi connectivity index (χ2v) is 5.31. The first-order valence-corrected chi connectivity index (χ1v) is 7.92. The van der Waals surface area contributed by atoms with E-state index in [2.05, 4.69) is 10.6 Å². The molecule has 1 atom stereocenters. The summed E-state index contributed by atoms with van der Waals surface area (Å²) in [6.45, 7) is 0. The van der Waals surface area contributed by atoms with E-state index >= 15 is 0 Å². The monoisotopic (exact) mass is 319 g/mol. The maximum absolute atomic E-state index is 12.0. The Morgan fingerprint density at radius 3 is 2.64 bits per heavy atom.